The van der Waals surface area contributed by atoms with Gasteiger partial charge in [-0.1, -0.05) is 33.1 Å². The maximum Gasteiger partial charge on any atom is 0.519 e. The summed E-state index contributed by atoms with van der Waals surface area (Å²) in [6.07, 6.45) is 3.05. The Kier molecular flexibility index (Phi) is 11.1. The van der Waals surface area contributed by atoms with Gasteiger partial charge in [-0.3, -0.25) is 19.9 Å². The first kappa shape index (κ1) is 35.7. The van der Waals surface area contributed by atoms with Crippen molar-refractivity contribution in [2.75, 3.05) is 19.0 Å². The van der Waals surface area contributed by atoms with Gasteiger partial charge in [-0.25, -0.2) is 19.1 Å². The maximum atomic E-state index is 13.1. The third-order valence-corrected chi connectivity index (χ3v) is 8.86. The van der Waals surface area contributed by atoms with Crippen molar-refractivity contribution in [3.8, 4) is 0 Å². The molecule has 266 valence electrons. The second kappa shape index (κ2) is 15.3. The largest absolute Gasteiger partial charge is 0.519 e. The van der Waals surface area contributed by atoms with E-state index < -0.39 is 53.8 Å². The van der Waals surface area contributed by atoms with Crippen LogP contribution in [0.25, 0.3) is 5.52 Å². The molecule has 5 rings (SSSR count). The highest BCUT2D eigenvalue weighted by Crippen LogP contribution is 2.41. The first-order valence-corrected chi connectivity index (χ1v) is 16.2. The lowest BCUT2D eigenvalue weighted by molar-refractivity contribution is -0.162. The van der Waals surface area contributed by atoms with Crippen LogP contribution >= 0.6 is 0 Å². The number of hydrogen-bond acceptors (Lipinski definition) is 15. The van der Waals surface area contributed by atoms with Crippen molar-refractivity contribution in [3.05, 3.63) is 46.3 Å². The minimum atomic E-state index is -1.77. The van der Waals surface area contributed by atoms with Gasteiger partial charge in [0.25, 0.3) is 0 Å². The zero-order valence-corrected chi connectivity index (χ0v) is 27.8. The number of fused-ring (bicyclic) bond motifs is 1. The molecule has 49 heavy (non-hydrogen) atoms. The molecule has 4 N–H and O–H groups in total. The predicted octanol–water partition coefficient (Wildman–Crippen LogP) is 2.40. The highest BCUT2D eigenvalue weighted by Gasteiger charge is 2.58. The Balaban J connectivity index is 1.40. The smallest absolute Gasteiger partial charge is 0.463 e. The zero-order valence-electron chi connectivity index (χ0n) is 27.8. The van der Waals surface area contributed by atoms with E-state index in [2.05, 4.69) is 20.4 Å². The molecule has 1 aliphatic carbocycles. The number of aromatic nitrogens is 3. The van der Waals surface area contributed by atoms with Gasteiger partial charge in [-0.15, -0.1) is 0 Å². The number of hydrogen-bond donors (Lipinski definition) is 3. The fourth-order valence-electron chi connectivity index (χ4n) is 6.12. The first-order chi connectivity index (χ1) is 23.4. The summed E-state index contributed by atoms with van der Waals surface area (Å²) in [5.74, 6) is -1.86. The number of aryl methyl sites for hydroxylation is 1. The van der Waals surface area contributed by atoms with E-state index in [1.54, 1.807) is 26.0 Å². The molecule has 3 aromatic heterocycles. The molecule has 17 heteroatoms. The van der Waals surface area contributed by atoms with E-state index in [0.29, 0.717) is 0 Å². The fraction of sp³-hybridized carbons (Fsp3) is 0.594. The minimum absolute atomic E-state index is 0.0340. The number of carbonyl (C=O) groups is 3. The summed E-state index contributed by atoms with van der Waals surface area (Å²) in [5.41, 5.74) is 4.82. The number of nitrogens with zero attached hydrogens (tertiary/aromatic N) is 4. The van der Waals surface area contributed by atoms with Crippen LogP contribution in [0, 0.1) is 18.8 Å². The van der Waals surface area contributed by atoms with E-state index in [1.807, 2.05) is 0 Å². The number of aliphatic hydroxyl groups excluding tert-OH is 1. The molecule has 1 aliphatic heterocycles. The average Bonchev–Trinajstić information content (AvgIpc) is 3.73. The number of carbonyl (C=O) groups excluding carboxylic acids is 3. The number of rotatable bonds is 12. The number of anilines is 1. The number of ether oxygens (including phenoxy) is 4. The van der Waals surface area contributed by atoms with Gasteiger partial charge in [-0.2, -0.15) is 5.10 Å². The fourth-order valence-corrected chi connectivity index (χ4v) is 6.12. The summed E-state index contributed by atoms with van der Waals surface area (Å²) in [6, 6.07) is 2.16. The molecule has 0 aromatic carbocycles. The van der Waals surface area contributed by atoms with Crippen molar-refractivity contribution < 1.29 is 47.3 Å². The van der Waals surface area contributed by atoms with E-state index in [-0.39, 0.29) is 60.0 Å². The van der Waals surface area contributed by atoms with Gasteiger partial charge in [0, 0.05) is 19.7 Å². The molecule has 1 saturated heterocycles. The maximum absolute atomic E-state index is 13.1. The molecule has 1 amide bonds. The van der Waals surface area contributed by atoms with Crippen molar-refractivity contribution >= 4 is 35.6 Å². The van der Waals surface area contributed by atoms with E-state index >= 15 is 0 Å². The standard InChI is InChI=1S/C32H42N6O11/c1-17(2)25(33)29(41)48-26-22(14-44-24(39)12-19-8-6-5-7-9-19)49-32(15-34-4,27(26)40)23-11-10-20-28(35-16-36-38(20)23)37-30(42)45-13-21-18(3)46-31(43)47-21/h10-11,15-17,19,22,25-27,40H,5-9,12-14,33H2,1-4H3,(H,35,36,37,42)/t22-,25+,26-,27-,32+/m1/s1. The van der Waals surface area contributed by atoms with Crippen LogP contribution in [0.2, 0.25) is 0 Å². The summed E-state index contributed by atoms with van der Waals surface area (Å²) in [5, 5.41) is 18.7. The number of aliphatic imine (C=N–C) groups is 1. The monoisotopic (exact) mass is 686 g/mol. The highest BCUT2D eigenvalue weighted by molar-refractivity contribution is 5.89. The van der Waals surface area contributed by atoms with E-state index in [4.69, 9.17) is 33.5 Å². The minimum Gasteiger partial charge on any atom is -0.463 e. The van der Waals surface area contributed by atoms with E-state index in [1.165, 1.54) is 24.7 Å². The second-order valence-corrected chi connectivity index (χ2v) is 12.6. The van der Waals surface area contributed by atoms with Crippen molar-refractivity contribution in [1.82, 2.24) is 14.6 Å². The van der Waals surface area contributed by atoms with Crippen molar-refractivity contribution in [2.45, 2.75) is 95.9 Å². The van der Waals surface area contributed by atoms with E-state index in [0.717, 1.165) is 38.4 Å². The van der Waals surface area contributed by atoms with Crippen molar-refractivity contribution in [2.24, 2.45) is 22.6 Å². The number of esters is 2. The van der Waals surface area contributed by atoms with Crippen LogP contribution in [0.3, 0.4) is 0 Å². The van der Waals surface area contributed by atoms with Gasteiger partial charge >= 0.3 is 23.9 Å². The van der Waals surface area contributed by atoms with Gasteiger partial charge in [0.15, 0.2) is 35.7 Å². The lowest BCUT2D eigenvalue weighted by atomic mass is 9.87. The lowest BCUT2D eigenvalue weighted by Gasteiger charge is -2.28. The predicted molar refractivity (Wildman–Crippen MR) is 171 cm³/mol. The number of nitrogens with two attached hydrogens (primary N) is 1. The van der Waals surface area contributed by atoms with Crippen LogP contribution in [-0.2, 0) is 40.7 Å². The number of nitrogens with one attached hydrogen (secondary N) is 1. The van der Waals surface area contributed by atoms with Crippen molar-refractivity contribution in [1.29, 1.82) is 0 Å². The molecular weight excluding hydrogens is 644 g/mol. The second-order valence-electron chi connectivity index (χ2n) is 12.6. The van der Waals surface area contributed by atoms with Gasteiger partial charge in [0.1, 0.15) is 36.7 Å². The van der Waals surface area contributed by atoms with Crippen LogP contribution in [0.15, 0.2) is 37.1 Å². The average molecular weight is 687 g/mol. The summed E-state index contributed by atoms with van der Waals surface area (Å²) in [4.78, 5) is 58.1. The third kappa shape index (κ3) is 7.84. The lowest BCUT2D eigenvalue weighted by Crippen LogP contribution is -2.47. The Hall–Kier alpha value is -4.61. The normalized spacial score (nSPS) is 23.6. The third-order valence-electron chi connectivity index (χ3n) is 8.86. The topological polar surface area (TPSA) is 232 Å². The zero-order chi connectivity index (χ0) is 35.3. The van der Waals surface area contributed by atoms with Crippen LogP contribution < -0.4 is 16.9 Å². The van der Waals surface area contributed by atoms with Gasteiger partial charge < -0.3 is 38.6 Å². The van der Waals surface area contributed by atoms with Gasteiger partial charge in [0.2, 0.25) is 0 Å². The molecule has 2 aliphatic rings. The molecule has 0 radical (unpaired) electrons. The van der Waals surface area contributed by atoms with Gasteiger partial charge in [0.05, 0.1) is 5.69 Å². The van der Waals surface area contributed by atoms with Crippen LogP contribution in [0.1, 0.15) is 69.6 Å². The Morgan fingerprint density at radius 3 is 2.63 bits per heavy atom. The summed E-state index contributed by atoms with van der Waals surface area (Å²) >= 11 is 0. The van der Waals surface area contributed by atoms with Crippen LogP contribution in [0.5, 0.6) is 0 Å². The molecule has 0 bridgehead atoms. The Morgan fingerprint density at radius 1 is 1.20 bits per heavy atom. The molecular formula is C32H42N6O11. The molecule has 4 heterocycles. The molecule has 0 unspecified atom stereocenters. The Bertz CT molecular complexity index is 1730. The summed E-state index contributed by atoms with van der Waals surface area (Å²) in [7, 11) is 1.47. The van der Waals surface area contributed by atoms with Crippen LogP contribution in [0.4, 0.5) is 10.6 Å². The van der Waals surface area contributed by atoms with Gasteiger partial charge in [-0.05, 0) is 43.7 Å². The first-order valence-electron chi connectivity index (χ1n) is 16.2. The Morgan fingerprint density at radius 2 is 1.96 bits per heavy atom. The highest BCUT2D eigenvalue weighted by atomic mass is 16.6. The molecule has 17 nitrogen and oxygen atoms in total. The molecule has 0 spiro atoms. The Labute approximate surface area is 281 Å². The number of aliphatic hydroxyl groups is 1. The number of amides is 1. The quantitative estimate of drug-likeness (QED) is 0.141. The van der Waals surface area contributed by atoms with E-state index in [9.17, 15) is 24.3 Å². The molecule has 5 atom stereocenters. The van der Waals surface area contributed by atoms with Crippen molar-refractivity contribution in [3.63, 3.8) is 0 Å². The molecule has 3 aromatic rings. The SMILES string of the molecule is CN=C[C@@]1(c2ccc3c(NC(=O)OCc4oc(=O)oc4C)ncnn23)O[C@H](COC(=O)CC2CCCCC2)[C@@H](OC(=O)[C@@H](N)C(C)C)[C@H]1O. The molecule has 2 fully saturated rings. The van der Waals surface area contributed by atoms with Crippen LogP contribution in [-0.4, -0.2) is 82.0 Å². The molecule has 1 saturated carbocycles. The summed E-state index contributed by atoms with van der Waals surface area (Å²) in [6.45, 7) is 4.32. The summed E-state index contributed by atoms with van der Waals surface area (Å²) < 4.78 is 34.0.